The molecule has 0 aromatic rings. The van der Waals surface area contributed by atoms with Crippen LogP contribution in [0.5, 0.6) is 0 Å². The number of carboxylic acids is 1. The van der Waals surface area contributed by atoms with Crippen molar-refractivity contribution in [2.45, 2.75) is 51.6 Å². The van der Waals surface area contributed by atoms with Gasteiger partial charge in [0.25, 0.3) is 0 Å². The van der Waals surface area contributed by atoms with Gasteiger partial charge in [-0.15, -0.1) is 0 Å². The number of aliphatic carboxylic acids is 1. The first-order valence-electron chi connectivity index (χ1n) is 7.94. The molecule has 2 N–H and O–H groups in total. The molecule has 1 heterocycles. The fourth-order valence-electron chi connectivity index (χ4n) is 2.96. The van der Waals surface area contributed by atoms with Gasteiger partial charge in [-0.2, -0.15) is 0 Å². The lowest BCUT2D eigenvalue weighted by Crippen LogP contribution is -2.52. The van der Waals surface area contributed by atoms with Crippen molar-refractivity contribution in [2.75, 3.05) is 19.8 Å². The zero-order chi connectivity index (χ0) is 15.4. The van der Waals surface area contributed by atoms with Crippen molar-refractivity contribution in [3.63, 3.8) is 0 Å². The van der Waals surface area contributed by atoms with E-state index in [1.807, 2.05) is 6.92 Å². The van der Waals surface area contributed by atoms with E-state index in [4.69, 9.17) is 4.74 Å². The average Bonchev–Trinajstić information content (AvgIpc) is 3.13. The van der Waals surface area contributed by atoms with Gasteiger partial charge in [-0.25, -0.2) is 4.79 Å². The third-order valence-electron chi connectivity index (χ3n) is 4.50. The molecule has 120 valence electrons. The minimum atomic E-state index is -0.895. The van der Waals surface area contributed by atoms with Gasteiger partial charge in [0.05, 0.1) is 19.3 Å². The molecule has 2 rings (SSSR count). The predicted octanol–water partition coefficient (Wildman–Crippen LogP) is 1.70. The number of ether oxygens (including phenoxy) is 1. The summed E-state index contributed by atoms with van der Waals surface area (Å²) < 4.78 is 5.27. The summed E-state index contributed by atoms with van der Waals surface area (Å²) in [4.78, 5) is 25.3. The van der Waals surface area contributed by atoms with E-state index in [0.717, 1.165) is 18.8 Å². The molecule has 2 fully saturated rings. The number of hydrogen-bond acceptors (Lipinski definition) is 3. The lowest BCUT2D eigenvalue weighted by molar-refractivity contribution is -0.142. The number of likely N-dealkylation sites (N-methyl/N-ethyl adjacent to an activating group) is 1. The van der Waals surface area contributed by atoms with Gasteiger partial charge in [0.15, 0.2) is 0 Å². The molecule has 6 nitrogen and oxygen atoms in total. The number of rotatable bonds is 7. The first kappa shape index (κ1) is 16.1. The Bertz CT molecular complexity index is 384. The molecule has 1 saturated heterocycles. The van der Waals surface area contributed by atoms with Crippen LogP contribution in [0.2, 0.25) is 0 Å². The average molecular weight is 298 g/mol. The van der Waals surface area contributed by atoms with Gasteiger partial charge in [0.1, 0.15) is 5.92 Å². The second-order valence-corrected chi connectivity index (χ2v) is 6.07. The number of nitrogens with one attached hydrogen (secondary N) is 1. The van der Waals surface area contributed by atoms with E-state index < -0.39 is 11.9 Å². The van der Waals surface area contributed by atoms with Crippen LogP contribution >= 0.6 is 0 Å². The molecule has 1 aliphatic heterocycles. The molecule has 1 aliphatic carbocycles. The monoisotopic (exact) mass is 298 g/mol. The van der Waals surface area contributed by atoms with Crippen molar-refractivity contribution in [3.8, 4) is 0 Å². The van der Waals surface area contributed by atoms with E-state index in [9.17, 15) is 14.7 Å². The third kappa shape index (κ3) is 4.09. The number of urea groups is 1. The second-order valence-electron chi connectivity index (χ2n) is 6.07. The number of carbonyl (C=O) groups excluding carboxylic acids is 1. The highest BCUT2D eigenvalue weighted by Crippen LogP contribution is 2.34. The van der Waals surface area contributed by atoms with Crippen molar-refractivity contribution >= 4 is 12.0 Å². The van der Waals surface area contributed by atoms with Gasteiger partial charge in [-0.3, -0.25) is 4.79 Å². The van der Waals surface area contributed by atoms with Crippen molar-refractivity contribution in [2.24, 2.45) is 11.8 Å². The third-order valence-corrected chi connectivity index (χ3v) is 4.50. The number of carbonyl (C=O) groups is 2. The van der Waals surface area contributed by atoms with E-state index >= 15 is 0 Å². The normalized spacial score (nSPS) is 26.4. The SMILES string of the molecule is CCC(CC1CC1)NC(=O)N(CC)C1COCC1C(=O)O. The Morgan fingerprint density at radius 3 is 2.57 bits per heavy atom. The molecule has 1 saturated carbocycles. The molecule has 3 unspecified atom stereocenters. The van der Waals surface area contributed by atoms with Crippen LogP contribution in [0, 0.1) is 11.8 Å². The summed E-state index contributed by atoms with van der Waals surface area (Å²) in [6.45, 7) is 4.92. The molecule has 0 aromatic heterocycles. The maximum absolute atomic E-state index is 12.5. The topological polar surface area (TPSA) is 78.9 Å². The smallest absolute Gasteiger partial charge is 0.317 e. The van der Waals surface area contributed by atoms with Crippen molar-refractivity contribution < 1.29 is 19.4 Å². The number of carboxylic acid groups (broad SMARTS) is 1. The molecule has 0 radical (unpaired) electrons. The molecule has 21 heavy (non-hydrogen) atoms. The summed E-state index contributed by atoms with van der Waals surface area (Å²) in [5.74, 6) is -0.764. The predicted molar refractivity (Wildman–Crippen MR) is 78.1 cm³/mol. The second kappa shape index (κ2) is 7.11. The molecule has 3 atom stereocenters. The maximum atomic E-state index is 12.5. The Morgan fingerprint density at radius 1 is 1.33 bits per heavy atom. The molecular weight excluding hydrogens is 272 g/mol. The fraction of sp³-hybridized carbons (Fsp3) is 0.867. The van der Waals surface area contributed by atoms with Gasteiger partial charge in [-0.05, 0) is 25.7 Å². The van der Waals surface area contributed by atoms with E-state index in [-0.39, 0.29) is 24.7 Å². The maximum Gasteiger partial charge on any atom is 0.317 e. The summed E-state index contributed by atoms with van der Waals surface area (Å²) in [6.07, 6.45) is 4.47. The molecule has 0 spiro atoms. The van der Waals surface area contributed by atoms with Gasteiger partial charge >= 0.3 is 12.0 Å². The fourth-order valence-corrected chi connectivity index (χ4v) is 2.96. The van der Waals surface area contributed by atoms with Crippen LogP contribution in [-0.4, -0.2) is 53.8 Å². The number of amides is 2. The molecule has 0 bridgehead atoms. The van der Waals surface area contributed by atoms with E-state index in [2.05, 4.69) is 12.2 Å². The molecular formula is C15H26N2O4. The van der Waals surface area contributed by atoms with Crippen molar-refractivity contribution in [1.29, 1.82) is 0 Å². The minimum Gasteiger partial charge on any atom is -0.481 e. The van der Waals surface area contributed by atoms with E-state index in [0.29, 0.717) is 13.2 Å². The van der Waals surface area contributed by atoms with Gasteiger partial charge in [0.2, 0.25) is 0 Å². The van der Waals surface area contributed by atoms with Gasteiger partial charge in [0, 0.05) is 12.6 Å². The summed E-state index contributed by atoms with van der Waals surface area (Å²) >= 11 is 0. The lowest BCUT2D eigenvalue weighted by Gasteiger charge is -2.31. The number of nitrogens with zero attached hydrogens (tertiary/aromatic N) is 1. The molecule has 0 aromatic carbocycles. The zero-order valence-electron chi connectivity index (χ0n) is 12.9. The Kier molecular flexibility index (Phi) is 5.45. The van der Waals surface area contributed by atoms with Crippen molar-refractivity contribution in [3.05, 3.63) is 0 Å². The van der Waals surface area contributed by atoms with E-state index in [1.165, 1.54) is 12.8 Å². The highest BCUT2D eigenvalue weighted by molar-refractivity contribution is 5.77. The van der Waals surface area contributed by atoms with Crippen LogP contribution in [0.15, 0.2) is 0 Å². The Balaban J connectivity index is 1.95. The van der Waals surface area contributed by atoms with Gasteiger partial charge in [-0.1, -0.05) is 19.8 Å². The van der Waals surface area contributed by atoms with Crippen LogP contribution in [0.25, 0.3) is 0 Å². The summed E-state index contributed by atoms with van der Waals surface area (Å²) in [6, 6.07) is -0.345. The van der Waals surface area contributed by atoms with Crippen LogP contribution in [-0.2, 0) is 9.53 Å². The first-order valence-corrected chi connectivity index (χ1v) is 7.94. The van der Waals surface area contributed by atoms with Crippen LogP contribution < -0.4 is 5.32 Å². The Hall–Kier alpha value is -1.30. The summed E-state index contributed by atoms with van der Waals surface area (Å²) in [7, 11) is 0. The number of hydrogen-bond donors (Lipinski definition) is 2. The summed E-state index contributed by atoms with van der Waals surface area (Å²) in [5.41, 5.74) is 0. The Labute approximate surface area is 125 Å². The summed E-state index contributed by atoms with van der Waals surface area (Å²) in [5, 5.41) is 12.3. The standard InChI is InChI=1S/C15H26N2O4/c1-3-11(7-10-5-6-10)16-15(20)17(4-2)13-9-21-8-12(13)14(18)19/h10-13H,3-9H2,1-2H3,(H,16,20)(H,18,19). The van der Waals surface area contributed by atoms with Crippen LogP contribution in [0.3, 0.4) is 0 Å². The lowest BCUT2D eigenvalue weighted by atomic mass is 10.0. The first-order chi connectivity index (χ1) is 10.1. The highest BCUT2D eigenvalue weighted by Gasteiger charge is 2.40. The van der Waals surface area contributed by atoms with Crippen LogP contribution in [0.1, 0.15) is 39.5 Å². The quantitative estimate of drug-likeness (QED) is 0.750. The van der Waals surface area contributed by atoms with Crippen LogP contribution in [0.4, 0.5) is 4.79 Å². The minimum absolute atomic E-state index is 0.160. The Morgan fingerprint density at radius 2 is 2.05 bits per heavy atom. The van der Waals surface area contributed by atoms with Crippen molar-refractivity contribution in [1.82, 2.24) is 10.2 Å². The molecule has 2 aliphatic rings. The largest absolute Gasteiger partial charge is 0.481 e. The molecule has 6 heteroatoms. The highest BCUT2D eigenvalue weighted by atomic mass is 16.5. The molecule has 2 amide bonds. The van der Waals surface area contributed by atoms with E-state index in [1.54, 1.807) is 4.90 Å². The zero-order valence-corrected chi connectivity index (χ0v) is 12.9. The van der Waals surface area contributed by atoms with Gasteiger partial charge < -0.3 is 20.1 Å².